The number of aliphatic hydroxyl groups is 1. The third-order valence-electron chi connectivity index (χ3n) is 1.81. The lowest BCUT2D eigenvalue weighted by atomic mass is 9.99. The van der Waals surface area contributed by atoms with Gasteiger partial charge in [0, 0.05) is 12.0 Å². The zero-order valence-electron chi connectivity index (χ0n) is 6.56. The standard InChI is InChI=1S/C7H6N4O2/c8-7(13)3-1-4-6(5(12)2-3)10-11-9-4/h2,12H,1H2,(H2,8,13). The van der Waals surface area contributed by atoms with Crippen LogP contribution >= 0.6 is 0 Å². The Morgan fingerprint density at radius 1 is 1.62 bits per heavy atom. The van der Waals surface area contributed by atoms with E-state index in [1.54, 1.807) is 0 Å². The minimum absolute atomic E-state index is 0.111. The maximum atomic E-state index is 10.8. The molecule has 1 aliphatic heterocycles. The molecule has 6 heteroatoms. The lowest BCUT2D eigenvalue weighted by Crippen LogP contribution is -2.20. The summed E-state index contributed by atoms with van der Waals surface area (Å²) >= 11 is 0. The highest BCUT2D eigenvalue weighted by molar-refractivity contribution is 6.09. The number of hydrogen-bond donors (Lipinski definition) is 2. The zero-order valence-corrected chi connectivity index (χ0v) is 6.56. The van der Waals surface area contributed by atoms with E-state index in [1.807, 2.05) is 0 Å². The molecule has 0 spiro atoms. The van der Waals surface area contributed by atoms with Crippen LogP contribution in [0.4, 0.5) is 0 Å². The van der Waals surface area contributed by atoms with Gasteiger partial charge in [0.2, 0.25) is 5.91 Å². The van der Waals surface area contributed by atoms with Gasteiger partial charge < -0.3 is 10.8 Å². The lowest BCUT2D eigenvalue weighted by molar-refractivity contribution is -0.114. The fraction of sp³-hybridized carbons (Fsp3) is 0.143. The molecule has 0 atom stereocenters. The Morgan fingerprint density at radius 3 is 3.08 bits per heavy atom. The van der Waals surface area contributed by atoms with E-state index in [4.69, 9.17) is 5.73 Å². The molecular weight excluding hydrogens is 172 g/mol. The summed E-state index contributed by atoms with van der Waals surface area (Å²) in [5, 5.41) is 20.0. The Kier molecular flexibility index (Phi) is 1.48. The SMILES string of the molecule is NC(=O)C1=CC(O)=C2N=NN=C2C1. The van der Waals surface area contributed by atoms with E-state index in [0.717, 1.165) is 0 Å². The van der Waals surface area contributed by atoms with Gasteiger partial charge in [-0.3, -0.25) is 4.79 Å². The van der Waals surface area contributed by atoms with Crippen LogP contribution in [0.3, 0.4) is 0 Å². The number of carbonyl (C=O) groups excluding carboxylic acids is 1. The number of primary amides is 1. The highest BCUT2D eigenvalue weighted by atomic mass is 16.3. The zero-order chi connectivity index (χ0) is 9.42. The van der Waals surface area contributed by atoms with Crippen LogP contribution in [0.5, 0.6) is 0 Å². The van der Waals surface area contributed by atoms with Crippen molar-refractivity contribution in [3.63, 3.8) is 0 Å². The molecule has 2 rings (SSSR count). The van der Waals surface area contributed by atoms with Crippen molar-refractivity contribution >= 4 is 11.6 Å². The molecule has 0 aromatic carbocycles. The third-order valence-corrected chi connectivity index (χ3v) is 1.81. The topological polar surface area (TPSA) is 100 Å². The minimum Gasteiger partial charge on any atom is -0.506 e. The van der Waals surface area contributed by atoms with Crippen molar-refractivity contribution in [2.24, 2.45) is 21.2 Å². The number of hydrogen-bond acceptors (Lipinski definition) is 5. The molecule has 0 aromatic heterocycles. The van der Waals surface area contributed by atoms with Gasteiger partial charge in [-0.25, -0.2) is 0 Å². The maximum Gasteiger partial charge on any atom is 0.245 e. The monoisotopic (exact) mass is 178 g/mol. The van der Waals surface area contributed by atoms with Crippen LogP contribution in [0.2, 0.25) is 0 Å². The summed E-state index contributed by atoms with van der Waals surface area (Å²) in [6.45, 7) is 0. The normalized spacial score (nSPS) is 19.7. The molecule has 1 amide bonds. The molecule has 0 saturated carbocycles. The van der Waals surface area contributed by atoms with Crippen LogP contribution in [-0.2, 0) is 4.79 Å². The molecule has 3 N–H and O–H groups in total. The number of allylic oxidation sites excluding steroid dienone is 2. The Balaban J connectivity index is 2.45. The van der Waals surface area contributed by atoms with Crippen molar-refractivity contribution in [2.75, 3.05) is 0 Å². The number of nitrogens with zero attached hydrogens (tertiary/aromatic N) is 3. The van der Waals surface area contributed by atoms with E-state index in [-0.39, 0.29) is 12.2 Å². The van der Waals surface area contributed by atoms with Crippen LogP contribution in [0, 0.1) is 0 Å². The third kappa shape index (κ3) is 1.12. The summed E-state index contributed by atoms with van der Waals surface area (Å²) in [4.78, 5) is 10.8. The predicted molar refractivity (Wildman–Crippen MR) is 43.8 cm³/mol. The van der Waals surface area contributed by atoms with Crippen molar-refractivity contribution < 1.29 is 9.90 Å². The van der Waals surface area contributed by atoms with Gasteiger partial charge in [0.15, 0.2) is 5.70 Å². The van der Waals surface area contributed by atoms with Gasteiger partial charge in [0.1, 0.15) is 11.5 Å². The number of aliphatic hydroxyl groups excluding tert-OH is 1. The molecule has 13 heavy (non-hydrogen) atoms. The molecule has 66 valence electrons. The van der Waals surface area contributed by atoms with Crippen LogP contribution < -0.4 is 5.73 Å². The number of nitrogens with two attached hydrogens (primary N) is 1. The summed E-state index contributed by atoms with van der Waals surface area (Å²) in [6.07, 6.45) is 1.57. The molecule has 0 unspecified atom stereocenters. The van der Waals surface area contributed by atoms with Gasteiger partial charge in [-0.2, -0.15) is 0 Å². The summed E-state index contributed by atoms with van der Waals surface area (Å²) in [7, 11) is 0. The first-order valence-electron chi connectivity index (χ1n) is 3.60. The van der Waals surface area contributed by atoms with Gasteiger partial charge in [0.05, 0.1) is 0 Å². The molecule has 0 bridgehead atoms. The van der Waals surface area contributed by atoms with Crippen molar-refractivity contribution in [1.29, 1.82) is 0 Å². The first-order chi connectivity index (χ1) is 6.18. The van der Waals surface area contributed by atoms with Gasteiger partial charge >= 0.3 is 0 Å². The number of rotatable bonds is 1. The summed E-state index contributed by atoms with van der Waals surface area (Å²) in [6, 6.07) is 0. The van der Waals surface area contributed by atoms with E-state index in [1.165, 1.54) is 6.08 Å². The molecule has 0 fully saturated rings. The molecule has 0 aromatic rings. The maximum absolute atomic E-state index is 10.8. The van der Waals surface area contributed by atoms with Crippen molar-refractivity contribution in [1.82, 2.24) is 0 Å². The molecule has 0 saturated heterocycles. The fourth-order valence-corrected chi connectivity index (χ4v) is 1.17. The first kappa shape index (κ1) is 7.66. The second-order valence-electron chi connectivity index (χ2n) is 2.68. The van der Waals surface area contributed by atoms with E-state index in [2.05, 4.69) is 15.4 Å². The van der Waals surface area contributed by atoms with Gasteiger partial charge in [-0.15, -0.1) is 10.2 Å². The average Bonchev–Trinajstić information content (AvgIpc) is 2.51. The second-order valence-corrected chi connectivity index (χ2v) is 2.68. The fourth-order valence-electron chi connectivity index (χ4n) is 1.17. The molecule has 1 heterocycles. The highest BCUT2D eigenvalue weighted by Crippen LogP contribution is 2.25. The Bertz CT molecular complexity index is 403. The first-order valence-corrected chi connectivity index (χ1v) is 3.60. The van der Waals surface area contributed by atoms with Crippen molar-refractivity contribution in [3.05, 3.63) is 23.1 Å². The van der Waals surface area contributed by atoms with E-state index in [0.29, 0.717) is 17.0 Å². The van der Waals surface area contributed by atoms with Gasteiger partial charge in [-0.05, 0) is 11.3 Å². The van der Waals surface area contributed by atoms with Crippen LogP contribution in [0.25, 0.3) is 0 Å². The smallest absolute Gasteiger partial charge is 0.245 e. The van der Waals surface area contributed by atoms with Crippen molar-refractivity contribution in [3.8, 4) is 0 Å². The minimum atomic E-state index is -0.569. The molecule has 6 nitrogen and oxygen atoms in total. The molecule has 2 aliphatic rings. The van der Waals surface area contributed by atoms with Crippen LogP contribution in [0.1, 0.15) is 6.42 Å². The average molecular weight is 178 g/mol. The quantitative estimate of drug-likeness (QED) is 0.606. The molecule has 1 aliphatic carbocycles. The van der Waals surface area contributed by atoms with Crippen molar-refractivity contribution in [2.45, 2.75) is 6.42 Å². The second kappa shape index (κ2) is 2.51. The lowest BCUT2D eigenvalue weighted by Gasteiger charge is -2.09. The highest BCUT2D eigenvalue weighted by Gasteiger charge is 2.24. The number of fused-ring (bicyclic) bond motifs is 1. The summed E-state index contributed by atoms with van der Waals surface area (Å²) < 4.78 is 0. The molecule has 0 radical (unpaired) electrons. The Morgan fingerprint density at radius 2 is 2.38 bits per heavy atom. The number of carbonyl (C=O) groups is 1. The largest absolute Gasteiger partial charge is 0.506 e. The van der Waals surface area contributed by atoms with E-state index < -0.39 is 5.91 Å². The Labute approximate surface area is 73.1 Å². The van der Waals surface area contributed by atoms with E-state index >= 15 is 0 Å². The summed E-state index contributed by atoms with van der Waals surface area (Å²) in [5.41, 5.74) is 6.17. The predicted octanol–water partition coefficient (Wildman–Crippen LogP) is 0.393. The van der Waals surface area contributed by atoms with Gasteiger partial charge in [0.25, 0.3) is 0 Å². The number of amides is 1. The van der Waals surface area contributed by atoms with Crippen LogP contribution in [-0.4, -0.2) is 16.7 Å². The van der Waals surface area contributed by atoms with Gasteiger partial charge in [-0.1, -0.05) is 0 Å². The summed E-state index contributed by atoms with van der Waals surface area (Å²) in [5.74, 6) is -0.680. The van der Waals surface area contributed by atoms with E-state index in [9.17, 15) is 9.90 Å². The van der Waals surface area contributed by atoms with Crippen LogP contribution in [0.15, 0.2) is 38.5 Å². The Hall–Kier alpha value is -1.98. The molecular formula is C7H6N4O2.